The molecule has 3 rings (SSSR count). The smallest absolute Gasteiger partial charge is 0.310 e. The number of benzene rings is 1. The number of para-hydroxylation sites is 1. The van der Waals surface area contributed by atoms with E-state index in [-0.39, 0.29) is 18.2 Å². The molecule has 3 N–H and O–H groups in total. The first kappa shape index (κ1) is 18.5. The van der Waals surface area contributed by atoms with Crippen LogP contribution in [0.25, 0.3) is 0 Å². The van der Waals surface area contributed by atoms with Crippen LogP contribution in [0, 0.1) is 0 Å². The molecule has 1 fully saturated rings. The van der Waals surface area contributed by atoms with Gasteiger partial charge in [0.05, 0.1) is 26.7 Å². The van der Waals surface area contributed by atoms with Gasteiger partial charge in [-0.05, 0) is 11.6 Å². The van der Waals surface area contributed by atoms with Crippen LogP contribution < -0.4 is 16.0 Å². The van der Waals surface area contributed by atoms with E-state index in [2.05, 4.69) is 25.0 Å². The number of anilines is 3. The van der Waals surface area contributed by atoms with Gasteiger partial charge in [0, 0.05) is 18.8 Å². The third kappa shape index (κ3) is 4.67. The highest BCUT2D eigenvalue weighted by molar-refractivity contribution is 6.02. The van der Waals surface area contributed by atoms with Crippen molar-refractivity contribution in [2.24, 2.45) is 0 Å². The summed E-state index contributed by atoms with van der Waals surface area (Å²) >= 11 is 0. The van der Waals surface area contributed by atoms with Gasteiger partial charge in [0.1, 0.15) is 0 Å². The summed E-state index contributed by atoms with van der Waals surface area (Å²) in [4.78, 5) is 38.3. The summed E-state index contributed by atoms with van der Waals surface area (Å²) in [7, 11) is 1.31. The zero-order chi connectivity index (χ0) is 19.2. The number of nitrogen functional groups attached to an aromatic ring is 1. The maximum Gasteiger partial charge on any atom is 0.310 e. The fourth-order valence-corrected chi connectivity index (χ4v) is 2.59. The number of rotatable bonds is 5. The maximum absolute atomic E-state index is 12.6. The van der Waals surface area contributed by atoms with Crippen molar-refractivity contribution in [2.45, 2.75) is 6.42 Å². The SMILES string of the molecule is COC(=O)Cc1ccccc1NC(=O)c1nc(N)nc(N2CCOCC2)n1. The second-order valence-electron chi connectivity index (χ2n) is 5.78. The fraction of sp³-hybridized carbons (Fsp3) is 0.353. The lowest BCUT2D eigenvalue weighted by atomic mass is 10.1. The normalized spacial score (nSPS) is 13.9. The Morgan fingerprint density at radius 3 is 2.70 bits per heavy atom. The molecule has 10 nitrogen and oxygen atoms in total. The minimum atomic E-state index is -0.545. The van der Waals surface area contributed by atoms with Crippen LogP contribution in [0.5, 0.6) is 0 Å². The number of amides is 1. The van der Waals surface area contributed by atoms with Crippen molar-refractivity contribution < 1.29 is 19.1 Å². The molecule has 1 aliphatic heterocycles. The van der Waals surface area contributed by atoms with E-state index in [0.717, 1.165) is 0 Å². The summed E-state index contributed by atoms with van der Waals surface area (Å²) in [6.07, 6.45) is 0.0331. The van der Waals surface area contributed by atoms with Gasteiger partial charge in [-0.3, -0.25) is 9.59 Å². The van der Waals surface area contributed by atoms with Crippen molar-refractivity contribution in [1.29, 1.82) is 0 Å². The predicted molar refractivity (Wildman–Crippen MR) is 97.4 cm³/mol. The number of carbonyl (C=O) groups excluding carboxylic acids is 2. The van der Waals surface area contributed by atoms with Gasteiger partial charge in [-0.2, -0.15) is 15.0 Å². The number of carbonyl (C=O) groups is 2. The first-order chi connectivity index (χ1) is 13.1. The van der Waals surface area contributed by atoms with Crippen LogP contribution in [-0.2, 0) is 20.7 Å². The molecule has 0 bridgehead atoms. The van der Waals surface area contributed by atoms with Gasteiger partial charge < -0.3 is 25.4 Å². The summed E-state index contributed by atoms with van der Waals surface area (Å²) in [5.41, 5.74) is 6.84. The molecule has 0 saturated carbocycles. The molecule has 2 heterocycles. The number of nitrogens with two attached hydrogens (primary N) is 1. The standard InChI is InChI=1S/C17H20N6O4/c1-26-13(24)10-11-4-2-3-5-12(11)19-15(25)14-20-16(18)22-17(21-14)23-6-8-27-9-7-23/h2-5H,6-10H2,1H3,(H,19,25)(H2,18,20,21,22). The van der Waals surface area contributed by atoms with Gasteiger partial charge >= 0.3 is 5.97 Å². The second-order valence-corrected chi connectivity index (χ2v) is 5.78. The average Bonchev–Trinajstić information content (AvgIpc) is 2.69. The van der Waals surface area contributed by atoms with Gasteiger partial charge in [0.2, 0.25) is 17.7 Å². The molecule has 0 spiro atoms. The number of aromatic nitrogens is 3. The van der Waals surface area contributed by atoms with E-state index in [4.69, 9.17) is 10.5 Å². The number of nitrogens with zero attached hydrogens (tertiary/aromatic N) is 4. The summed E-state index contributed by atoms with van der Waals surface area (Å²) in [6, 6.07) is 6.93. The molecule has 0 aliphatic carbocycles. The third-order valence-corrected chi connectivity index (χ3v) is 3.97. The molecule has 2 aromatic rings. The molecule has 1 aliphatic rings. The molecular formula is C17H20N6O4. The van der Waals surface area contributed by atoms with Crippen LogP contribution in [0.3, 0.4) is 0 Å². The van der Waals surface area contributed by atoms with Crippen molar-refractivity contribution in [2.75, 3.05) is 49.4 Å². The first-order valence-electron chi connectivity index (χ1n) is 8.37. The van der Waals surface area contributed by atoms with Crippen molar-refractivity contribution in [3.8, 4) is 0 Å². The number of methoxy groups -OCH3 is 1. The van der Waals surface area contributed by atoms with Gasteiger partial charge in [-0.1, -0.05) is 18.2 Å². The third-order valence-electron chi connectivity index (χ3n) is 3.97. The van der Waals surface area contributed by atoms with Crippen molar-refractivity contribution in [3.05, 3.63) is 35.7 Å². The summed E-state index contributed by atoms with van der Waals surface area (Å²) in [5, 5.41) is 2.72. The van der Waals surface area contributed by atoms with Crippen LogP contribution in [0.1, 0.15) is 16.2 Å². The molecular weight excluding hydrogens is 352 g/mol. The van der Waals surface area contributed by atoms with Gasteiger partial charge in [0.15, 0.2) is 0 Å². The van der Waals surface area contributed by atoms with E-state index < -0.39 is 11.9 Å². The van der Waals surface area contributed by atoms with Crippen LogP contribution in [-0.4, -0.2) is 60.2 Å². The van der Waals surface area contributed by atoms with Crippen molar-refractivity contribution in [1.82, 2.24) is 15.0 Å². The number of nitrogens with one attached hydrogen (secondary N) is 1. The van der Waals surface area contributed by atoms with E-state index in [1.807, 2.05) is 4.90 Å². The lowest BCUT2D eigenvalue weighted by Crippen LogP contribution is -2.38. The molecule has 27 heavy (non-hydrogen) atoms. The number of hydrogen-bond acceptors (Lipinski definition) is 9. The molecule has 142 valence electrons. The summed E-state index contributed by atoms with van der Waals surface area (Å²) in [6.45, 7) is 2.31. The predicted octanol–water partition coefficient (Wildman–Crippen LogP) is 0.258. The van der Waals surface area contributed by atoms with Crippen LogP contribution >= 0.6 is 0 Å². The zero-order valence-electron chi connectivity index (χ0n) is 14.8. The zero-order valence-corrected chi connectivity index (χ0v) is 14.8. The Hall–Kier alpha value is -3.27. The van der Waals surface area contributed by atoms with Crippen molar-refractivity contribution in [3.63, 3.8) is 0 Å². The molecule has 1 saturated heterocycles. The minimum Gasteiger partial charge on any atom is -0.469 e. The van der Waals surface area contributed by atoms with E-state index in [1.54, 1.807) is 24.3 Å². The number of esters is 1. The van der Waals surface area contributed by atoms with E-state index >= 15 is 0 Å². The molecule has 0 radical (unpaired) electrons. The minimum absolute atomic E-state index is 0.0331. The topological polar surface area (TPSA) is 133 Å². The quantitative estimate of drug-likeness (QED) is 0.709. The summed E-state index contributed by atoms with van der Waals surface area (Å²) < 4.78 is 9.98. The van der Waals surface area contributed by atoms with E-state index in [1.165, 1.54) is 7.11 Å². The highest BCUT2D eigenvalue weighted by Gasteiger charge is 2.19. The fourth-order valence-electron chi connectivity index (χ4n) is 2.59. The van der Waals surface area contributed by atoms with Crippen LogP contribution in [0.15, 0.2) is 24.3 Å². The second kappa shape index (κ2) is 8.41. The Kier molecular flexibility index (Phi) is 5.77. The molecule has 0 atom stereocenters. The number of hydrogen-bond donors (Lipinski definition) is 2. The molecule has 0 unspecified atom stereocenters. The molecule has 1 amide bonds. The van der Waals surface area contributed by atoms with E-state index in [9.17, 15) is 9.59 Å². The molecule has 1 aromatic heterocycles. The Labute approximate surface area is 155 Å². The average molecular weight is 372 g/mol. The van der Waals surface area contributed by atoms with Crippen LogP contribution in [0.2, 0.25) is 0 Å². The monoisotopic (exact) mass is 372 g/mol. The number of ether oxygens (including phenoxy) is 2. The first-order valence-corrected chi connectivity index (χ1v) is 8.37. The largest absolute Gasteiger partial charge is 0.469 e. The maximum atomic E-state index is 12.6. The van der Waals surface area contributed by atoms with E-state index in [0.29, 0.717) is 43.5 Å². The lowest BCUT2D eigenvalue weighted by molar-refractivity contribution is -0.139. The van der Waals surface area contributed by atoms with Gasteiger partial charge in [0.25, 0.3) is 5.91 Å². The lowest BCUT2D eigenvalue weighted by Gasteiger charge is -2.26. The Morgan fingerprint density at radius 2 is 1.96 bits per heavy atom. The van der Waals surface area contributed by atoms with Gasteiger partial charge in [-0.15, -0.1) is 0 Å². The van der Waals surface area contributed by atoms with Crippen LogP contribution in [0.4, 0.5) is 17.6 Å². The number of morpholine rings is 1. The Bertz CT molecular complexity index is 838. The highest BCUT2D eigenvalue weighted by Crippen LogP contribution is 2.18. The van der Waals surface area contributed by atoms with Gasteiger partial charge in [-0.25, -0.2) is 0 Å². The molecule has 1 aromatic carbocycles. The summed E-state index contributed by atoms with van der Waals surface area (Å²) in [5.74, 6) is -0.762. The Morgan fingerprint density at radius 1 is 1.22 bits per heavy atom. The van der Waals surface area contributed by atoms with Crippen molar-refractivity contribution >= 4 is 29.5 Å². The molecule has 10 heteroatoms. The highest BCUT2D eigenvalue weighted by atomic mass is 16.5. The Balaban J connectivity index is 1.80.